The minimum absolute atomic E-state index is 0.0313. The van der Waals surface area contributed by atoms with E-state index in [2.05, 4.69) is 11.5 Å². The van der Waals surface area contributed by atoms with Crippen LogP contribution in [0, 0.1) is 0 Å². The molecule has 0 bridgehead atoms. The number of hydrogen-bond acceptors (Lipinski definition) is 2. The molecule has 2 rings (SSSR count). The number of nitrogens with zero attached hydrogens (tertiary/aromatic N) is 1. The van der Waals surface area contributed by atoms with E-state index in [4.69, 9.17) is 5.11 Å². The molecule has 0 aromatic carbocycles. The van der Waals surface area contributed by atoms with E-state index in [1.165, 1.54) is 18.9 Å². The Balaban J connectivity index is 2.20. The highest BCUT2D eigenvalue weighted by molar-refractivity contribution is 5.27. The molecule has 2 nitrogen and oxygen atoms in total. The summed E-state index contributed by atoms with van der Waals surface area (Å²) in [6.07, 6.45) is 13.2. The molecule has 0 amide bonds. The van der Waals surface area contributed by atoms with Gasteiger partial charge in [0.1, 0.15) is 11.6 Å². The predicted molar refractivity (Wildman–Crippen MR) is 71.7 cm³/mol. The second-order valence-corrected chi connectivity index (χ2v) is 4.56. The molecule has 0 saturated heterocycles. The fraction of sp³-hybridized carbons (Fsp3) is 0.333. The molecular weight excluding hydrogens is 229 g/mol. The topological polar surface area (TPSA) is 23.5 Å². The normalized spacial score (nSPS) is 28.6. The molecule has 0 radical (unpaired) electrons. The third-order valence-corrected chi connectivity index (χ3v) is 2.98. The van der Waals surface area contributed by atoms with Crippen molar-refractivity contribution in [3.8, 4) is 0 Å². The Morgan fingerprint density at radius 3 is 2.89 bits per heavy atom. The van der Waals surface area contributed by atoms with Crippen molar-refractivity contribution >= 4 is 0 Å². The quantitative estimate of drug-likeness (QED) is 0.606. The van der Waals surface area contributed by atoms with Crippen molar-refractivity contribution < 1.29 is 9.50 Å². The van der Waals surface area contributed by atoms with Crippen LogP contribution in [0.3, 0.4) is 0 Å². The molecule has 0 unspecified atom stereocenters. The summed E-state index contributed by atoms with van der Waals surface area (Å²) in [6.45, 7) is 4.13. The Kier molecular flexibility index (Phi) is 4.03. The maximum atomic E-state index is 13.2. The highest BCUT2D eigenvalue weighted by Gasteiger charge is 2.28. The van der Waals surface area contributed by atoms with Crippen molar-refractivity contribution in [2.75, 3.05) is 6.54 Å². The molecule has 18 heavy (non-hydrogen) atoms. The summed E-state index contributed by atoms with van der Waals surface area (Å²) in [5.41, 5.74) is 1.02. The van der Waals surface area contributed by atoms with Crippen LogP contribution in [-0.4, -0.2) is 22.6 Å². The van der Waals surface area contributed by atoms with Gasteiger partial charge in [0.05, 0.1) is 0 Å². The number of allylic oxidation sites excluding steroid dienone is 6. The molecule has 2 aliphatic rings. The van der Waals surface area contributed by atoms with Gasteiger partial charge in [0.25, 0.3) is 0 Å². The van der Waals surface area contributed by atoms with Crippen LogP contribution >= 0.6 is 0 Å². The average Bonchev–Trinajstić information content (AvgIpc) is 3.12. The predicted octanol–water partition coefficient (Wildman–Crippen LogP) is 3.78. The van der Waals surface area contributed by atoms with E-state index < -0.39 is 0 Å². The summed E-state index contributed by atoms with van der Waals surface area (Å²) < 4.78 is 13.2. The van der Waals surface area contributed by atoms with Crippen LogP contribution in [0.25, 0.3) is 0 Å². The zero-order valence-electron chi connectivity index (χ0n) is 10.3. The lowest BCUT2D eigenvalue weighted by Gasteiger charge is -2.24. The van der Waals surface area contributed by atoms with Crippen molar-refractivity contribution in [1.82, 2.24) is 4.90 Å². The van der Waals surface area contributed by atoms with Crippen molar-refractivity contribution in [2.24, 2.45) is 0 Å². The average molecular weight is 247 g/mol. The Morgan fingerprint density at radius 1 is 1.44 bits per heavy atom. The fourth-order valence-corrected chi connectivity index (χ4v) is 1.95. The van der Waals surface area contributed by atoms with E-state index in [0.29, 0.717) is 19.0 Å². The number of hydrogen-bond donors (Lipinski definition) is 1. The van der Waals surface area contributed by atoms with Gasteiger partial charge in [-0.25, -0.2) is 4.39 Å². The number of aliphatic hydroxyl groups is 1. The van der Waals surface area contributed by atoms with Gasteiger partial charge in [-0.05, 0) is 43.6 Å². The van der Waals surface area contributed by atoms with Crippen molar-refractivity contribution in [2.45, 2.75) is 25.3 Å². The molecule has 96 valence electrons. The molecule has 1 N–H and O–H groups in total. The summed E-state index contributed by atoms with van der Waals surface area (Å²) in [7, 11) is 0. The summed E-state index contributed by atoms with van der Waals surface area (Å²) in [6, 6.07) is 0.540. The number of aliphatic hydroxyl groups excluding tert-OH is 1. The lowest BCUT2D eigenvalue weighted by atomic mass is 10.2. The van der Waals surface area contributed by atoms with Gasteiger partial charge >= 0.3 is 0 Å². The lowest BCUT2D eigenvalue weighted by Crippen LogP contribution is -2.24. The SMILES string of the molecule is C=C(O)/C=C/C1=C/C/C=C(F)\C=C/CN1C1CC1. The molecule has 0 spiro atoms. The van der Waals surface area contributed by atoms with E-state index in [1.54, 1.807) is 12.2 Å². The number of halogens is 1. The van der Waals surface area contributed by atoms with Crippen LogP contribution in [0.2, 0.25) is 0 Å². The van der Waals surface area contributed by atoms with Gasteiger partial charge in [0, 0.05) is 18.3 Å². The lowest BCUT2D eigenvalue weighted by molar-refractivity contribution is 0.379. The van der Waals surface area contributed by atoms with E-state index in [9.17, 15) is 4.39 Å². The molecule has 1 saturated carbocycles. The summed E-state index contributed by atoms with van der Waals surface area (Å²) >= 11 is 0. The summed E-state index contributed by atoms with van der Waals surface area (Å²) in [5.74, 6) is -0.164. The molecule has 1 aliphatic carbocycles. The molecule has 1 heterocycles. The highest BCUT2D eigenvalue weighted by atomic mass is 19.1. The van der Waals surface area contributed by atoms with Crippen molar-refractivity contribution in [3.63, 3.8) is 0 Å². The van der Waals surface area contributed by atoms with E-state index in [1.807, 2.05) is 18.2 Å². The van der Waals surface area contributed by atoms with Gasteiger partial charge in [-0.15, -0.1) is 0 Å². The first-order valence-electron chi connectivity index (χ1n) is 6.22. The largest absolute Gasteiger partial charge is 0.509 e. The maximum Gasteiger partial charge on any atom is 0.119 e. The Labute approximate surface area is 107 Å². The second-order valence-electron chi connectivity index (χ2n) is 4.56. The monoisotopic (exact) mass is 247 g/mol. The first kappa shape index (κ1) is 12.7. The van der Waals surface area contributed by atoms with Crippen LogP contribution in [0.5, 0.6) is 0 Å². The van der Waals surface area contributed by atoms with Gasteiger partial charge in [0.2, 0.25) is 0 Å². The molecular formula is C15H18FNO. The zero-order chi connectivity index (χ0) is 13.0. The van der Waals surface area contributed by atoms with E-state index in [0.717, 1.165) is 5.70 Å². The second kappa shape index (κ2) is 5.71. The Bertz CT molecular complexity index is 441. The standard InChI is InChI=1S/C15H18FNO/c1-12(18)7-8-14-6-2-4-13(16)5-3-11-17(14)15-9-10-15/h3-8,15,18H,1-2,9-11H2/b5-3-,8-7+,13-4+,14-6-. The molecule has 0 aromatic rings. The molecule has 0 atom stereocenters. The molecule has 1 aliphatic heterocycles. The number of rotatable bonds is 3. The maximum absolute atomic E-state index is 13.2. The van der Waals surface area contributed by atoms with E-state index >= 15 is 0 Å². The summed E-state index contributed by atoms with van der Waals surface area (Å²) in [5, 5.41) is 9.13. The van der Waals surface area contributed by atoms with Gasteiger partial charge < -0.3 is 10.0 Å². The fourth-order valence-electron chi connectivity index (χ4n) is 1.95. The Hall–Kier alpha value is -1.77. The minimum Gasteiger partial charge on any atom is -0.509 e. The van der Waals surface area contributed by atoms with Crippen LogP contribution < -0.4 is 0 Å². The smallest absolute Gasteiger partial charge is 0.119 e. The van der Waals surface area contributed by atoms with Crippen LogP contribution in [0.1, 0.15) is 19.3 Å². The molecule has 3 heteroatoms. The van der Waals surface area contributed by atoms with Gasteiger partial charge in [-0.1, -0.05) is 18.7 Å². The van der Waals surface area contributed by atoms with Crippen LogP contribution in [0.4, 0.5) is 4.39 Å². The third-order valence-electron chi connectivity index (χ3n) is 2.98. The summed E-state index contributed by atoms with van der Waals surface area (Å²) in [4.78, 5) is 2.24. The molecule has 1 fully saturated rings. The van der Waals surface area contributed by atoms with Crippen LogP contribution in [-0.2, 0) is 0 Å². The van der Waals surface area contributed by atoms with Gasteiger partial charge in [0.15, 0.2) is 0 Å². The minimum atomic E-state index is -0.196. The van der Waals surface area contributed by atoms with Gasteiger partial charge in [-0.3, -0.25) is 0 Å². The Morgan fingerprint density at radius 2 is 2.22 bits per heavy atom. The first-order valence-corrected chi connectivity index (χ1v) is 6.22. The highest BCUT2D eigenvalue weighted by Crippen LogP contribution is 2.31. The first-order chi connectivity index (χ1) is 8.66. The van der Waals surface area contributed by atoms with Crippen molar-refractivity contribution in [1.29, 1.82) is 0 Å². The zero-order valence-corrected chi connectivity index (χ0v) is 10.3. The van der Waals surface area contributed by atoms with E-state index in [-0.39, 0.29) is 11.6 Å². The third kappa shape index (κ3) is 3.62. The van der Waals surface area contributed by atoms with Gasteiger partial charge in [-0.2, -0.15) is 0 Å². The molecule has 0 aromatic heterocycles. The van der Waals surface area contributed by atoms with Crippen molar-refractivity contribution in [3.05, 3.63) is 60.3 Å². The van der Waals surface area contributed by atoms with Crippen LogP contribution in [0.15, 0.2) is 60.3 Å².